The van der Waals surface area contributed by atoms with Crippen molar-refractivity contribution in [3.63, 3.8) is 0 Å². The Labute approximate surface area is 111 Å². The second-order valence-corrected chi connectivity index (χ2v) is 4.48. The maximum absolute atomic E-state index is 5.82. The molecule has 0 saturated heterocycles. The Hall–Kier alpha value is -2.49. The molecule has 2 aromatic carbocycles. The molecule has 0 aromatic heterocycles. The lowest BCUT2D eigenvalue weighted by molar-refractivity contribution is 0.283. The maximum atomic E-state index is 5.82. The van der Waals surface area contributed by atoms with Crippen molar-refractivity contribution in [2.24, 2.45) is 4.99 Å². The molecule has 4 nitrogen and oxygen atoms in total. The van der Waals surface area contributed by atoms with E-state index in [1.165, 1.54) is 0 Å². The van der Waals surface area contributed by atoms with E-state index in [0.29, 0.717) is 5.69 Å². The van der Waals surface area contributed by atoms with Crippen LogP contribution < -0.4 is 15.8 Å². The number of hydrogen-bond acceptors (Lipinski definition) is 4. The topological polar surface area (TPSA) is 59.6 Å². The average Bonchev–Trinajstić information content (AvgIpc) is 2.41. The molecule has 2 aromatic rings. The number of hydrogen-bond donors (Lipinski definition) is 2. The summed E-state index contributed by atoms with van der Waals surface area (Å²) < 4.78 is 5.82. The third kappa shape index (κ3) is 2.38. The average molecular weight is 253 g/mol. The van der Waals surface area contributed by atoms with E-state index >= 15 is 0 Å². The van der Waals surface area contributed by atoms with Gasteiger partial charge in [0.15, 0.2) is 6.10 Å². The highest BCUT2D eigenvalue weighted by molar-refractivity contribution is 6.01. The standard InChI is InChI=1S/C15H15N3O/c1-10-15(17-12-5-3-2-4-6-12)18-13-8-7-11(16)9-14(13)19-10/h2-10H,16H2,1H3,(H,17,18). The molecule has 3 rings (SSSR count). The Balaban J connectivity index is 1.92. The summed E-state index contributed by atoms with van der Waals surface area (Å²) >= 11 is 0. The second-order valence-electron chi connectivity index (χ2n) is 4.48. The summed E-state index contributed by atoms with van der Waals surface area (Å²) in [6.45, 7) is 1.96. The van der Waals surface area contributed by atoms with E-state index < -0.39 is 0 Å². The van der Waals surface area contributed by atoms with Gasteiger partial charge in [0.2, 0.25) is 0 Å². The van der Waals surface area contributed by atoms with E-state index in [1.54, 1.807) is 6.07 Å². The van der Waals surface area contributed by atoms with Crippen LogP contribution in [-0.2, 0) is 0 Å². The predicted molar refractivity (Wildman–Crippen MR) is 78.1 cm³/mol. The van der Waals surface area contributed by atoms with E-state index in [9.17, 15) is 0 Å². The summed E-state index contributed by atoms with van der Waals surface area (Å²) in [5, 5.41) is 3.28. The minimum Gasteiger partial charge on any atom is -0.480 e. The highest BCUT2D eigenvalue weighted by Gasteiger charge is 2.20. The molecule has 1 unspecified atom stereocenters. The lowest BCUT2D eigenvalue weighted by atomic mass is 10.2. The van der Waals surface area contributed by atoms with Crippen molar-refractivity contribution < 1.29 is 4.74 Å². The van der Waals surface area contributed by atoms with Crippen molar-refractivity contribution in [3.8, 4) is 5.75 Å². The number of anilines is 2. The quantitative estimate of drug-likeness (QED) is 0.767. The Bertz CT molecular complexity index is 623. The number of amidine groups is 1. The van der Waals surface area contributed by atoms with Gasteiger partial charge in [0.25, 0.3) is 0 Å². The summed E-state index contributed by atoms with van der Waals surface area (Å²) in [7, 11) is 0. The van der Waals surface area contributed by atoms with Crippen LogP contribution in [0.3, 0.4) is 0 Å². The highest BCUT2D eigenvalue weighted by Crippen LogP contribution is 2.34. The summed E-state index contributed by atoms with van der Waals surface area (Å²) in [5.41, 5.74) is 8.22. The van der Waals surface area contributed by atoms with Gasteiger partial charge >= 0.3 is 0 Å². The molecule has 3 N–H and O–H groups in total. The summed E-state index contributed by atoms with van der Waals surface area (Å²) in [6, 6.07) is 15.4. The van der Waals surface area contributed by atoms with Gasteiger partial charge < -0.3 is 15.8 Å². The van der Waals surface area contributed by atoms with Crippen LogP contribution in [-0.4, -0.2) is 11.9 Å². The molecule has 0 saturated carbocycles. The molecule has 0 bridgehead atoms. The van der Waals surface area contributed by atoms with Crippen LogP contribution in [0.1, 0.15) is 6.92 Å². The van der Waals surface area contributed by atoms with Gasteiger partial charge in [0.1, 0.15) is 17.3 Å². The van der Waals surface area contributed by atoms with Gasteiger partial charge in [-0.15, -0.1) is 0 Å². The zero-order valence-corrected chi connectivity index (χ0v) is 10.6. The highest BCUT2D eigenvalue weighted by atomic mass is 16.5. The zero-order valence-electron chi connectivity index (χ0n) is 10.6. The van der Waals surface area contributed by atoms with Crippen LogP contribution in [0.25, 0.3) is 0 Å². The maximum Gasteiger partial charge on any atom is 0.153 e. The molecule has 0 aliphatic carbocycles. The fourth-order valence-corrected chi connectivity index (χ4v) is 1.98. The number of fused-ring (bicyclic) bond motifs is 1. The number of rotatable bonds is 1. The Morgan fingerprint density at radius 3 is 2.74 bits per heavy atom. The Morgan fingerprint density at radius 2 is 1.95 bits per heavy atom. The van der Waals surface area contributed by atoms with E-state index in [2.05, 4.69) is 10.3 Å². The van der Waals surface area contributed by atoms with Crippen LogP contribution in [0.4, 0.5) is 17.1 Å². The lowest BCUT2D eigenvalue weighted by Gasteiger charge is -2.24. The van der Waals surface area contributed by atoms with Gasteiger partial charge in [-0.2, -0.15) is 0 Å². The number of aliphatic imine (C=N–C) groups is 1. The third-order valence-electron chi connectivity index (χ3n) is 2.96. The van der Waals surface area contributed by atoms with Crippen molar-refractivity contribution in [1.82, 2.24) is 0 Å². The second kappa shape index (κ2) is 4.65. The molecule has 1 atom stereocenters. The molecule has 96 valence electrons. The van der Waals surface area contributed by atoms with Gasteiger partial charge in [0, 0.05) is 17.4 Å². The van der Waals surface area contributed by atoms with Gasteiger partial charge in [-0.1, -0.05) is 18.2 Å². The summed E-state index contributed by atoms with van der Waals surface area (Å²) in [4.78, 5) is 4.59. The van der Waals surface area contributed by atoms with Crippen molar-refractivity contribution in [2.45, 2.75) is 13.0 Å². The molecule has 4 heteroatoms. The smallest absolute Gasteiger partial charge is 0.153 e. The van der Waals surface area contributed by atoms with Crippen LogP contribution in [0, 0.1) is 0 Å². The summed E-state index contributed by atoms with van der Waals surface area (Å²) in [6.07, 6.45) is -0.130. The minimum absolute atomic E-state index is 0.130. The molecular formula is C15H15N3O. The number of nitrogens with zero attached hydrogens (tertiary/aromatic N) is 1. The third-order valence-corrected chi connectivity index (χ3v) is 2.96. The first-order valence-corrected chi connectivity index (χ1v) is 6.19. The molecule has 1 aliphatic heterocycles. The van der Waals surface area contributed by atoms with Crippen LogP contribution in [0.2, 0.25) is 0 Å². The van der Waals surface area contributed by atoms with E-state index in [0.717, 1.165) is 23.0 Å². The summed E-state index contributed by atoms with van der Waals surface area (Å²) in [5.74, 6) is 1.52. The van der Waals surface area contributed by atoms with Gasteiger partial charge in [-0.05, 0) is 31.2 Å². The molecular weight excluding hydrogens is 238 g/mol. The number of nitrogen functional groups attached to an aromatic ring is 1. The fourth-order valence-electron chi connectivity index (χ4n) is 1.98. The van der Waals surface area contributed by atoms with E-state index in [-0.39, 0.29) is 6.10 Å². The van der Waals surface area contributed by atoms with Gasteiger partial charge in [0.05, 0.1) is 0 Å². The van der Waals surface area contributed by atoms with Crippen LogP contribution >= 0.6 is 0 Å². The fraction of sp³-hybridized carbons (Fsp3) is 0.133. The van der Waals surface area contributed by atoms with E-state index in [4.69, 9.17) is 10.5 Å². The molecule has 19 heavy (non-hydrogen) atoms. The minimum atomic E-state index is -0.130. The normalized spacial score (nSPS) is 17.1. The number of benzene rings is 2. The van der Waals surface area contributed by atoms with Gasteiger partial charge in [-0.25, -0.2) is 4.99 Å². The molecule has 0 radical (unpaired) electrons. The molecule has 1 aliphatic rings. The first kappa shape index (κ1) is 11.6. The van der Waals surface area contributed by atoms with Crippen molar-refractivity contribution in [3.05, 3.63) is 48.5 Å². The van der Waals surface area contributed by atoms with Crippen molar-refractivity contribution >= 4 is 22.9 Å². The number of nitrogens with one attached hydrogen (secondary N) is 1. The number of nitrogens with two attached hydrogens (primary N) is 1. The zero-order chi connectivity index (χ0) is 13.2. The SMILES string of the molecule is CC1Oc2cc(N)ccc2N=C1Nc1ccccc1. The number of para-hydroxylation sites is 1. The molecule has 0 fully saturated rings. The Morgan fingerprint density at radius 1 is 1.16 bits per heavy atom. The largest absolute Gasteiger partial charge is 0.480 e. The van der Waals surface area contributed by atoms with Crippen LogP contribution in [0.5, 0.6) is 5.75 Å². The lowest BCUT2D eigenvalue weighted by Crippen LogP contribution is -2.32. The molecule has 0 spiro atoms. The predicted octanol–water partition coefficient (Wildman–Crippen LogP) is 3.19. The van der Waals surface area contributed by atoms with Crippen molar-refractivity contribution in [1.29, 1.82) is 0 Å². The first-order chi connectivity index (χ1) is 9.22. The van der Waals surface area contributed by atoms with E-state index in [1.807, 2.05) is 49.4 Å². The first-order valence-electron chi connectivity index (χ1n) is 6.19. The van der Waals surface area contributed by atoms with Crippen LogP contribution in [0.15, 0.2) is 53.5 Å². The monoisotopic (exact) mass is 253 g/mol. The Kier molecular flexibility index (Phi) is 2.83. The number of ether oxygens (including phenoxy) is 1. The molecule has 1 heterocycles. The van der Waals surface area contributed by atoms with Crippen molar-refractivity contribution in [2.75, 3.05) is 11.1 Å². The van der Waals surface area contributed by atoms with Gasteiger partial charge in [-0.3, -0.25) is 0 Å². The molecule has 0 amide bonds.